The number of nitriles is 1. The van der Waals surface area contributed by atoms with Gasteiger partial charge >= 0.3 is 0 Å². The van der Waals surface area contributed by atoms with Crippen LogP contribution in [0.5, 0.6) is 0 Å². The van der Waals surface area contributed by atoms with E-state index >= 15 is 0 Å². The summed E-state index contributed by atoms with van der Waals surface area (Å²) >= 11 is 0. The predicted octanol–water partition coefficient (Wildman–Crippen LogP) is 2.37. The zero-order chi connectivity index (χ0) is 16.5. The van der Waals surface area contributed by atoms with E-state index in [0.29, 0.717) is 36.7 Å². The molecule has 0 unspecified atom stereocenters. The van der Waals surface area contributed by atoms with Gasteiger partial charge in [-0.05, 0) is 30.3 Å². The quantitative estimate of drug-likeness (QED) is 0.725. The maximum atomic E-state index is 13.7. The second kappa shape index (κ2) is 5.74. The van der Waals surface area contributed by atoms with Crippen LogP contribution in [0.25, 0.3) is 11.5 Å². The summed E-state index contributed by atoms with van der Waals surface area (Å²) < 4.78 is 15.5. The molecule has 2 aromatic heterocycles. The summed E-state index contributed by atoms with van der Waals surface area (Å²) in [6, 6.07) is 11.9. The Morgan fingerprint density at radius 1 is 1.17 bits per heavy atom. The first-order valence-electron chi connectivity index (χ1n) is 7.54. The van der Waals surface area contributed by atoms with E-state index in [1.54, 1.807) is 12.3 Å². The van der Waals surface area contributed by atoms with Crippen molar-refractivity contribution in [3.8, 4) is 17.6 Å². The number of hydrogen-bond acceptors (Lipinski definition) is 5. The van der Waals surface area contributed by atoms with Gasteiger partial charge in [0.25, 0.3) is 0 Å². The van der Waals surface area contributed by atoms with E-state index in [0.717, 1.165) is 11.5 Å². The lowest BCUT2D eigenvalue weighted by Crippen LogP contribution is -2.34. The number of hydrogen-bond donors (Lipinski definition) is 0. The molecule has 24 heavy (non-hydrogen) atoms. The topological polar surface area (TPSA) is 70.6 Å². The Bertz CT molecular complexity index is 928. The van der Waals surface area contributed by atoms with Gasteiger partial charge < -0.3 is 4.90 Å². The molecule has 0 saturated carbocycles. The first-order chi connectivity index (χ1) is 11.7. The highest BCUT2D eigenvalue weighted by Crippen LogP contribution is 2.24. The van der Waals surface area contributed by atoms with Crippen molar-refractivity contribution < 1.29 is 4.39 Å². The highest BCUT2D eigenvalue weighted by molar-refractivity contribution is 5.53. The summed E-state index contributed by atoms with van der Waals surface area (Å²) in [6.45, 7) is 1.83. The average molecular weight is 320 g/mol. The molecule has 1 aromatic carbocycles. The van der Waals surface area contributed by atoms with E-state index in [4.69, 9.17) is 5.26 Å². The summed E-state index contributed by atoms with van der Waals surface area (Å²) in [5.74, 6) is 0.972. The molecule has 0 spiro atoms. The second-order valence-electron chi connectivity index (χ2n) is 5.52. The molecule has 0 N–H and O–H groups in total. The summed E-state index contributed by atoms with van der Waals surface area (Å²) in [7, 11) is 0. The van der Waals surface area contributed by atoms with E-state index in [1.165, 1.54) is 12.1 Å². The number of fused-ring (bicyclic) bond motifs is 1. The smallest absolute Gasteiger partial charge is 0.200 e. The number of halogens is 1. The number of rotatable bonds is 2. The highest BCUT2D eigenvalue weighted by atomic mass is 19.1. The van der Waals surface area contributed by atoms with Crippen molar-refractivity contribution in [1.29, 1.82) is 5.26 Å². The molecule has 0 amide bonds. The van der Waals surface area contributed by atoms with Crippen LogP contribution in [-0.4, -0.2) is 26.3 Å². The van der Waals surface area contributed by atoms with Crippen molar-refractivity contribution in [2.75, 3.05) is 11.4 Å². The highest BCUT2D eigenvalue weighted by Gasteiger charge is 2.21. The molecule has 7 heteroatoms. The molecule has 3 heterocycles. The van der Waals surface area contributed by atoms with Gasteiger partial charge in [-0.15, -0.1) is 5.10 Å². The molecule has 0 aliphatic carbocycles. The molecule has 0 atom stereocenters. The molecule has 1 aliphatic heterocycles. The minimum atomic E-state index is -0.412. The molecule has 6 nitrogen and oxygen atoms in total. The maximum Gasteiger partial charge on any atom is 0.200 e. The van der Waals surface area contributed by atoms with Crippen LogP contribution < -0.4 is 4.90 Å². The van der Waals surface area contributed by atoms with Crippen molar-refractivity contribution in [1.82, 2.24) is 19.7 Å². The zero-order valence-electron chi connectivity index (χ0n) is 12.7. The Kier molecular flexibility index (Phi) is 3.43. The lowest BCUT2D eigenvalue weighted by molar-refractivity contribution is 0.512. The van der Waals surface area contributed by atoms with E-state index < -0.39 is 5.82 Å². The lowest BCUT2D eigenvalue weighted by Gasteiger charge is -2.28. The average Bonchev–Trinajstić information content (AvgIpc) is 3.05. The fourth-order valence-electron chi connectivity index (χ4n) is 2.78. The molecule has 4 rings (SSSR count). The summed E-state index contributed by atoms with van der Waals surface area (Å²) in [4.78, 5) is 10.8. The predicted molar refractivity (Wildman–Crippen MR) is 85.4 cm³/mol. The molecular weight excluding hydrogens is 307 g/mol. The Balaban J connectivity index is 1.64. The number of aromatic nitrogens is 4. The van der Waals surface area contributed by atoms with E-state index in [-0.39, 0.29) is 0 Å². The largest absolute Gasteiger partial charge is 0.362 e. The number of nitrogens with zero attached hydrogens (tertiary/aromatic N) is 6. The Hall–Kier alpha value is -3.27. The second-order valence-corrected chi connectivity index (χ2v) is 5.52. The number of benzene rings is 1. The molecule has 0 fully saturated rings. The van der Waals surface area contributed by atoms with Gasteiger partial charge in [-0.3, -0.25) is 4.98 Å². The van der Waals surface area contributed by atoms with Crippen LogP contribution in [0, 0.1) is 17.1 Å². The summed E-state index contributed by atoms with van der Waals surface area (Å²) in [5.41, 5.74) is 1.72. The first-order valence-corrected chi connectivity index (χ1v) is 7.54. The molecule has 0 bridgehead atoms. The SMILES string of the molecule is N#Cc1cc(F)cc(N2CCn3nc(-c4ccccn4)nc3C2)c1. The van der Waals surface area contributed by atoms with Crippen molar-refractivity contribution in [2.45, 2.75) is 13.1 Å². The van der Waals surface area contributed by atoms with Gasteiger partial charge in [-0.2, -0.15) is 5.26 Å². The Morgan fingerprint density at radius 3 is 2.88 bits per heavy atom. The van der Waals surface area contributed by atoms with Crippen molar-refractivity contribution >= 4 is 5.69 Å². The molecule has 0 radical (unpaired) electrons. The van der Waals surface area contributed by atoms with Crippen LogP contribution in [0.4, 0.5) is 10.1 Å². The first kappa shape index (κ1) is 14.3. The van der Waals surface area contributed by atoms with E-state index in [2.05, 4.69) is 15.1 Å². The van der Waals surface area contributed by atoms with Crippen molar-refractivity contribution in [2.24, 2.45) is 0 Å². The van der Waals surface area contributed by atoms with Crippen LogP contribution in [-0.2, 0) is 13.1 Å². The minimum Gasteiger partial charge on any atom is -0.362 e. The van der Waals surface area contributed by atoms with Gasteiger partial charge in [0.1, 0.15) is 17.3 Å². The van der Waals surface area contributed by atoms with Gasteiger partial charge in [-0.25, -0.2) is 14.1 Å². The third kappa shape index (κ3) is 2.58. The standard InChI is InChI=1S/C17H13FN6/c18-13-7-12(10-19)8-14(9-13)23-5-6-24-16(11-23)21-17(22-24)15-3-1-2-4-20-15/h1-4,7-9H,5-6,11H2. The van der Waals surface area contributed by atoms with Crippen molar-refractivity contribution in [3.05, 3.63) is 59.8 Å². The molecule has 3 aromatic rings. The fourth-order valence-corrected chi connectivity index (χ4v) is 2.78. The van der Waals surface area contributed by atoms with Crippen LogP contribution in [0.15, 0.2) is 42.6 Å². The molecular formula is C17H13FN6. The van der Waals surface area contributed by atoms with Gasteiger partial charge in [0.2, 0.25) is 0 Å². The van der Waals surface area contributed by atoms with Crippen LogP contribution in [0.3, 0.4) is 0 Å². The summed E-state index contributed by atoms with van der Waals surface area (Å²) in [5, 5.41) is 13.5. The normalized spacial score (nSPS) is 13.4. The van der Waals surface area contributed by atoms with E-state index in [9.17, 15) is 4.39 Å². The van der Waals surface area contributed by atoms with E-state index in [1.807, 2.05) is 33.9 Å². The Morgan fingerprint density at radius 2 is 2.08 bits per heavy atom. The fraction of sp³-hybridized carbons (Fsp3) is 0.176. The Labute approximate surface area is 137 Å². The third-order valence-electron chi connectivity index (χ3n) is 3.93. The van der Waals surface area contributed by atoms with Gasteiger partial charge in [-0.1, -0.05) is 6.07 Å². The van der Waals surface area contributed by atoms with Crippen LogP contribution >= 0.6 is 0 Å². The zero-order valence-corrected chi connectivity index (χ0v) is 12.7. The monoisotopic (exact) mass is 320 g/mol. The molecule has 0 saturated heterocycles. The molecule has 1 aliphatic rings. The molecule has 118 valence electrons. The number of pyridine rings is 1. The van der Waals surface area contributed by atoms with Gasteiger partial charge in [0.05, 0.1) is 24.7 Å². The number of anilines is 1. The van der Waals surface area contributed by atoms with Crippen LogP contribution in [0.2, 0.25) is 0 Å². The van der Waals surface area contributed by atoms with Gasteiger partial charge in [0, 0.05) is 18.4 Å². The maximum absolute atomic E-state index is 13.7. The third-order valence-corrected chi connectivity index (χ3v) is 3.93. The van der Waals surface area contributed by atoms with Crippen molar-refractivity contribution in [3.63, 3.8) is 0 Å². The van der Waals surface area contributed by atoms with Crippen LogP contribution in [0.1, 0.15) is 11.4 Å². The lowest BCUT2D eigenvalue weighted by atomic mass is 10.2. The van der Waals surface area contributed by atoms with Gasteiger partial charge in [0.15, 0.2) is 5.82 Å². The summed E-state index contributed by atoms with van der Waals surface area (Å²) in [6.07, 6.45) is 1.71. The minimum absolute atomic E-state index is 0.311.